The van der Waals surface area contributed by atoms with Crippen LogP contribution in [0.2, 0.25) is 0 Å². The molecule has 33 heavy (non-hydrogen) atoms. The van der Waals surface area contributed by atoms with Gasteiger partial charge in [-0.2, -0.15) is 0 Å². The molecule has 0 saturated carbocycles. The maximum absolute atomic E-state index is 13.0. The molecule has 1 aromatic rings. The van der Waals surface area contributed by atoms with Crippen LogP contribution in [0.4, 0.5) is 0 Å². The zero-order chi connectivity index (χ0) is 25.1. The van der Waals surface area contributed by atoms with E-state index < -0.39 is 54.5 Å². The van der Waals surface area contributed by atoms with E-state index >= 15 is 0 Å². The quantitative estimate of drug-likeness (QED) is 0.178. The molecule has 8 N–H and O–H groups in total. The Bertz CT molecular complexity index is 782. The molecule has 1 heterocycles. The third kappa shape index (κ3) is 10.00. The number of imidazole rings is 1. The Kier molecular flexibility index (Phi) is 11.5. The Balaban J connectivity index is 2.96. The molecule has 186 valence electrons. The zero-order valence-corrected chi connectivity index (χ0v) is 19.5. The molecule has 12 nitrogen and oxygen atoms in total. The summed E-state index contributed by atoms with van der Waals surface area (Å²) in [7, 11) is 0. The average Bonchev–Trinajstić information content (AvgIpc) is 3.23. The normalized spacial score (nSPS) is 14.9. The zero-order valence-electron chi connectivity index (χ0n) is 19.5. The first-order valence-electron chi connectivity index (χ1n) is 10.9. The van der Waals surface area contributed by atoms with Crippen LogP contribution in [-0.2, 0) is 25.6 Å². The van der Waals surface area contributed by atoms with Gasteiger partial charge in [0.25, 0.3) is 0 Å². The number of aliphatic hydroxyl groups excluding tert-OH is 1. The van der Waals surface area contributed by atoms with Crippen molar-refractivity contribution in [3.05, 3.63) is 18.2 Å². The molecule has 0 radical (unpaired) electrons. The van der Waals surface area contributed by atoms with Gasteiger partial charge in [-0.25, -0.2) is 9.78 Å². The number of nitrogens with one attached hydrogen (secondary N) is 4. The first-order valence-corrected chi connectivity index (χ1v) is 10.9. The van der Waals surface area contributed by atoms with Crippen molar-refractivity contribution in [3.8, 4) is 0 Å². The van der Waals surface area contributed by atoms with Gasteiger partial charge in [0, 0.05) is 18.3 Å². The number of hydrogen-bond acceptors (Lipinski definition) is 7. The lowest BCUT2D eigenvalue weighted by Crippen LogP contribution is -2.58. The molecule has 1 aromatic heterocycles. The Morgan fingerprint density at radius 3 is 1.82 bits per heavy atom. The van der Waals surface area contributed by atoms with Crippen molar-refractivity contribution in [1.82, 2.24) is 25.9 Å². The Hall–Kier alpha value is -2.99. The lowest BCUT2D eigenvalue weighted by molar-refractivity contribution is -0.142. The number of rotatable bonds is 14. The molecule has 0 fully saturated rings. The number of carbonyl (C=O) groups is 4. The van der Waals surface area contributed by atoms with E-state index in [1.807, 2.05) is 27.7 Å². The van der Waals surface area contributed by atoms with Crippen molar-refractivity contribution in [2.75, 3.05) is 6.61 Å². The maximum Gasteiger partial charge on any atom is 0.326 e. The molecule has 0 aliphatic carbocycles. The summed E-state index contributed by atoms with van der Waals surface area (Å²) in [5.41, 5.74) is 6.06. The van der Waals surface area contributed by atoms with E-state index in [0.717, 1.165) is 0 Å². The highest BCUT2D eigenvalue weighted by molar-refractivity contribution is 5.94. The number of hydrogen-bond donors (Lipinski definition) is 7. The number of carboxylic acid groups (broad SMARTS) is 1. The van der Waals surface area contributed by atoms with Crippen LogP contribution in [0.15, 0.2) is 12.5 Å². The molecular weight excluding hydrogens is 432 g/mol. The third-order valence-electron chi connectivity index (χ3n) is 4.81. The molecule has 12 heteroatoms. The van der Waals surface area contributed by atoms with Gasteiger partial charge < -0.3 is 36.9 Å². The Morgan fingerprint density at radius 2 is 1.42 bits per heavy atom. The van der Waals surface area contributed by atoms with Gasteiger partial charge in [-0.05, 0) is 24.7 Å². The lowest BCUT2D eigenvalue weighted by atomic mass is 9.99. The summed E-state index contributed by atoms with van der Waals surface area (Å²) < 4.78 is 0. The minimum absolute atomic E-state index is 0.00546. The van der Waals surface area contributed by atoms with Gasteiger partial charge in [-0.3, -0.25) is 14.4 Å². The van der Waals surface area contributed by atoms with Crippen LogP contribution >= 0.6 is 0 Å². The van der Waals surface area contributed by atoms with E-state index in [1.54, 1.807) is 0 Å². The summed E-state index contributed by atoms with van der Waals surface area (Å²) in [5.74, 6) is -3.11. The highest BCUT2D eigenvalue weighted by Gasteiger charge is 2.31. The molecule has 0 aromatic carbocycles. The van der Waals surface area contributed by atoms with E-state index in [4.69, 9.17) is 10.8 Å². The summed E-state index contributed by atoms with van der Waals surface area (Å²) >= 11 is 0. The van der Waals surface area contributed by atoms with Gasteiger partial charge in [0.15, 0.2) is 0 Å². The highest BCUT2D eigenvalue weighted by Crippen LogP contribution is 2.10. The van der Waals surface area contributed by atoms with Crippen LogP contribution in [0.1, 0.15) is 46.2 Å². The maximum atomic E-state index is 13.0. The second-order valence-corrected chi connectivity index (χ2v) is 8.85. The van der Waals surface area contributed by atoms with E-state index in [0.29, 0.717) is 5.69 Å². The van der Waals surface area contributed by atoms with E-state index in [1.165, 1.54) is 12.5 Å². The second kappa shape index (κ2) is 13.5. The second-order valence-electron chi connectivity index (χ2n) is 8.85. The minimum Gasteiger partial charge on any atom is -0.480 e. The molecule has 1 rings (SSSR count). The van der Waals surface area contributed by atoms with Crippen LogP contribution in [0.3, 0.4) is 0 Å². The van der Waals surface area contributed by atoms with E-state index in [-0.39, 0.29) is 31.1 Å². The fourth-order valence-corrected chi connectivity index (χ4v) is 3.13. The summed E-state index contributed by atoms with van der Waals surface area (Å²) in [4.78, 5) is 56.3. The standard InChI is InChI=1S/C21H36N6O6/c1-11(2)5-15(25-18(29)14(22)9-28)19(30)26-16(6-12(3)4)20(31)27-17(21(32)33)7-13-8-23-10-24-13/h8,10-12,14-17,28H,5-7,9,22H2,1-4H3,(H,23,24)(H,25,29)(H,26,30)(H,27,31)(H,32,33). The van der Waals surface area contributed by atoms with Crippen LogP contribution in [-0.4, -0.2) is 74.6 Å². The predicted octanol–water partition coefficient (Wildman–Crippen LogP) is -1.10. The van der Waals surface area contributed by atoms with Crippen LogP contribution in [0, 0.1) is 11.8 Å². The molecule has 0 aliphatic heterocycles. The number of carbonyl (C=O) groups excluding carboxylic acids is 3. The molecule has 0 spiro atoms. The average molecular weight is 469 g/mol. The Morgan fingerprint density at radius 1 is 0.939 bits per heavy atom. The molecule has 3 amide bonds. The number of aliphatic hydroxyl groups is 1. The first kappa shape index (κ1) is 28.0. The van der Waals surface area contributed by atoms with Crippen molar-refractivity contribution < 1.29 is 29.4 Å². The van der Waals surface area contributed by atoms with Gasteiger partial charge in [0.2, 0.25) is 17.7 Å². The molecule has 0 bridgehead atoms. The van der Waals surface area contributed by atoms with E-state index in [2.05, 4.69) is 25.9 Å². The van der Waals surface area contributed by atoms with Crippen molar-refractivity contribution >= 4 is 23.7 Å². The van der Waals surface area contributed by atoms with Gasteiger partial charge >= 0.3 is 5.97 Å². The number of amides is 3. The van der Waals surface area contributed by atoms with Crippen molar-refractivity contribution in [3.63, 3.8) is 0 Å². The summed E-state index contributed by atoms with van der Waals surface area (Å²) in [6.45, 7) is 6.87. The summed E-state index contributed by atoms with van der Waals surface area (Å²) in [6.07, 6.45) is 3.40. The van der Waals surface area contributed by atoms with Crippen LogP contribution < -0.4 is 21.7 Å². The van der Waals surface area contributed by atoms with Crippen LogP contribution in [0.5, 0.6) is 0 Å². The van der Waals surface area contributed by atoms with Crippen molar-refractivity contribution in [2.45, 2.75) is 71.1 Å². The number of nitrogens with zero attached hydrogens (tertiary/aromatic N) is 1. The predicted molar refractivity (Wildman–Crippen MR) is 120 cm³/mol. The highest BCUT2D eigenvalue weighted by atomic mass is 16.4. The summed E-state index contributed by atoms with van der Waals surface area (Å²) in [5, 5.41) is 26.2. The largest absolute Gasteiger partial charge is 0.480 e. The molecule has 4 unspecified atom stereocenters. The Labute approximate surface area is 193 Å². The topological polar surface area (TPSA) is 200 Å². The van der Waals surface area contributed by atoms with Gasteiger partial charge in [-0.1, -0.05) is 27.7 Å². The van der Waals surface area contributed by atoms with Crippen molar-refractivity contribution in [2.24, 2.45) is 17.6 Å². The number of H-pyrrole nitrogens is 1. The number of carboxylic acids is 1. The third-order valence-corrected chi connectivity index (χ3v) is 4.81. The van der Waals surface area contributed by atoms with Gasteiger partial charge in [0.1, 0.15) is 24.2 Å². The van der Waals surface area contributed by atoms with Crippen LogP contribution in [0.25, 0.3) is 0 Å². The molecule has 0 aliphatic rings. The summed E-state index contributed by atoms with van der Waals surface area (Å²) in [6, 6.07) is -4.39. The van der Waals surface area contributed by atoms with Crippen molar-refractivity contribution in [1.29, 1.82) is 0 Å². The fraction of sp³-hybridized carbons (Fsp3) is 0.667. The minimum atomic E-state index is -1.23. The van der Waals surface area contributed by atoms with Gasteiger partial charge in [0.05, 0.1) is 12.9 Å². The van der Waals surface area contributed by atoms with E-state index in [9.17, 15) is 24.3 Å². The number of aliphatic carboxylic acids is 1. The molecule has 4 atom stereocenters. The molecule has 0 saturated heterocycles. The smallest absolute Gasteiger partial charge is 0.326 e. The number of aromatic nitrogens is 2. The lowest BCUT2D eigenvalue weighted by Gasteiger charge is -2.26. The monoisotopic (exact) mass is 468 g/mol. The molecular formula is C21H36N6O6. The number of nitrogens with two attached hydrogens (primary N) is 1. The van der Waals surface area contributed by atoms with Gasteiger partial charge in [-0.15, -0.1) is 0 Å². The number of aromatic amines is 1. The fourth-order valence-electron chi connectivity index (χ4n) is 3.13. The first-order chi connectivity index (χ1) is 15.4. The SMILES string of the molecule is CC(C)CC(NC(=O)C(N)CO)C(=O)NC(CC(C)C)C(=O)NC(Cc1cnc[nH]1)C(=O)O.